The first-order chi connectivity index (χ1) is 16.6. The average molecular weight is 465 g/mol. The molecule has 1 aliphatic heterocycles. The van der Waals surface area contributed by atoms with Gasteiger partial charge in [0.2, 0.25) is 0 Å². The van der Waals surface area contributed by atoms with Crippen molar-refractivity contribution in [1.29, 1.82) is 0 Å². The Balaban J connectivity index is 1.43. The molecule has 0 bridgehead atoms. The van der Waals surface area contributed by atoms with Crippen LogP contribution >= 0.6 is 0 Å². The molecule has 1 saturated carbocycles. The molecule has 4 aromatic heterocycles. The molecule has 5 heterocycles. The standard InChI is InChI=1S/C23H25FN8O2/c1-25-20-10-17(28-21-14(11-27-32(20)21)23(33)29-16-9-15(16)24)18-3-4-19(22-26-6-8-31(18)22)30-7-5-13(12-30)34-2/h3-4,6,8,10-11,13,15-16,25H,5,7,9,12H2,1-2H3,(H,29,33)/t13-,15-,16+/m0/s1. The fourth-order valence-electron chi connectivity index (χ4n) is 4.59. The Bertz CT molecular complexity index is 1400. The van der Waals surface area contributed by atoms with Gasteiger partial charge < -0.3 is 20.3 Å². The van der Waals surface area contributed by atoms with Crippen LogP contribution < -0.4 is 15.5 Å². The van der Waals surface area contributed by atoms with Crippen molar-refractivity contribution in [2.45, 2.75) is 31.2 Å². The first-order valence-corrected chi connectivity index (χ1v) is 11.3. The van der Waals surface area contributed by atoms with Crippen LogP contribution in [0.1, 0.15) is 23.2 Å². The minimum absolute atomic E-state index is 0.215. The first kappa shape index (κ1) is 20.8. The summed E-state index contributed by atoms with van der Waals surface area (Å²) >= 11 is 0. The molecule has 11 heteroatoms. The highest BCUT2D eigenvalue weighted by atomic mass is 19.1. The van der Waals surface area contributed by atoms with Crippen LogP contribution in [0.3, 0.4) is 0 Å². The largest absolute Gasteiger partial charge is 0.380 e. The molecule has 2 aliphatic rings. The number of hydrogen-bond acceptors (Lipinski definition) is 7. The summed E-state index contributed by atoms with van der Waals surface area (Å²) in [4.78, 5) is 24.4. The molecule has 6 rings (SSSR count). The normalized spacial score (nSPS) is 22.0. The molecule has 1 aliphatic carbocycles. The zero-order valence-electron chi connectivity index (χ0n) is 18.9. The molecule has 34 heavy (non-hydrogen) atoms. The maximum Gasteiger partial charge on any atom is 0.257 e. The van der Waals surface area contributed by atoms with E-state index in [0.29, 0.717) is 29.1 Å². The van der Waals surface area contributed by atoms with Crippen LogP contribution in [0.4, 0.5) is 15.9 Å². The number of amides is 1. The molecule has 176 valence electrons. The lowest BCUT2D eigenvalue weighted by Gasteiger charge is -2.20. The third kappa shape index (κ3) is 3.35. The summed E-state index contributed by atoms with van der Waals surface area (Å²) in [6, 6.07) is 5.51. The summed E-state index contributed by atoms with van der Waals surface area (Å²) in [6.07, 6.45) is 5.69. The summed E-state index contributed by atoms with van der Waals surface area (Å²) in [6.45, 7) is 1.73. The number of alkyl halides is 1. The number of rotatable bonds is 6. The van der Waals surface area contributed by atoms with E-state index >= 15 is 0 Å². The lowest BCUT2D eigenvalue weighted by atomic mass is 10.2. The minimum atomic E-state index is -0.981. The van der Waals surface area contributed by atoms with E-state index < -0.39 is 12.2 Å². The van der Waals surface area contributed by atoms with E-state index in [0.717, 1.165) is 36.5 Å². The zero-order valence-corrected chi connectivity index (χ0v) is 18.9. The number of aromatic nitrogens is 5. The zero-order chi connectivity index (χ0) is 23.4. The van der Waals surface area contributed by atoms with Crippen molar-refractivity contribution in [2.24, 2.45) is 0 Å². The number of pyridine rings is 1. The van der Waals surface area contributed by atoms with Crippen LogP contribution in [0, 0.1) is 0 Å². The predicted molar refractivity (Wildman–Crippen MR) is 125 cm³/mol. The highest BCUT2D eigenvalue weighted by molar-refractivity contribution is 6.00. The smallest absolute Gasteiger partial charge is 0.257 e. The Morgan fingerprint density at radius 2 is 2.15 bits per heavy atom. The summed E-state index contributed by atoms with van der Waals surface area (Å²) < 4.78 is 22.4. The molecule has 0 radical (unpaired) electrons. The summed E-state index contributed by atoms with van der Waals surface area (Å²) in [7, 11) is 3.53. The second-order valence-electron chi connectivity index (χ2n) is 8.72. The molecule has 3 atom stereocenters. The van der Waals surface area contributed by atoms with Gasteiger partial charge in [-0.05, 0) is 18.6 Å². The van der Waals surface area contributed by atoms with Gasteiger partial charge in [0.15, 0.2) is 11.3 Å². The van der Waals surface area contributed by atoms with Gasteiger partial charge in [-0.3, -0.25) is 9.20 Å². The van der Waals surface area contributed by atoms with E-state index in [9.17, 15) is 9.18 Å². The quantitative estimate of drug-likeness (QED) is 0.451. The molecule has 1 saturated heterocycles. The van der Waals surface area contributed by atoms with Crippen LogP contribution in [-0.4, -0.2) is 75.5 Å². The highest BCUT2D eigenvalue weighted by Crippen LogP contribution is 2.31. The Morgan fingerprint density at radius 1 is 1.29 bits per heavy atom. The summed E-state index contributed by atoms with van der Waals surface area (Å²) in [5.74, 6) is 0.297. The van der Waals surface area contributed by atoms with Crippen LogP contribution in [0.15, 0.2) is 36.8 Å². The fraction of sp³-hybridized carbons (Fsp3) is 0.391. The molecule has 4 aromatic rings. The molecule has 2 N–H and O–H groups in total. The second-order valence-corrected chi connectivity index (χ2v) is 8.72. The molecular weight excluding hydrogens is 439 g/mol. The fourth-order valence-corrected chi connectivity index (χ4v) is 4.59. The van der Waals surface area contributed by atoms with E-state index in [1.54, 1.807) is 24.9 Å². The van der Waals surface area contributed by atoms with Crippen LogP contribution in [0.25, 0.3) is 22.7 Å². The molecule has 2 fully saturated rings. The Morgan fingerprint density at radius 3 is 2.88 bits per heavy atom. The average Bonchev–Trinajstić information content (AvgIpc) is 3.33. The third-order valence-corrected chi connectivity index (χ3v) is 6.61. The van der Waals surface area contributed by atoms with Crippen molar-refractivity contribution in [3.63, 3.8) is 0 Å². The van der Waals surface area contributed by atoms with Crippen molar-refractivity contribution in [2.75, 3.05) is 37.5 Å². The predicted octanol–water partition coefficient (Wildman–Crippen LogP) is 2.15. The third-order valence-electron chi connectivity index (χ3n) is 6.61. The Labute approximate surface area is 194 Å². The van der Waals surface area contributed by atoms with Crippen molar-refractivity contribution >= 4 is 28.7 Å². The number of fused-ring (bicyclic) bond motifs is 2. The highest BCUT2D eigenvalue weighted by Gasteiger charge is 2.39. The number of methoxy groups -OCH3 is 1. The van der Waals surface area contributed by atoms with Crippen LogP contribution in [-0.2, 0) is 4.74 Å². The van der Waals surface area contributed by atoms with Crippen molar-refractivity contribution < 1.29 is 13.9 Å². The van der Waals surface area contributed by atoms with Gasteiger partial charge in [-0.2, -0.15) is 9.61 Å². The van der Waals surface area contributed by atoms with Gasteiger partial charge >= 0.3 is 0 Å². The molecule has 0 spiro atoms. The number of halogens is 1. The van der Waals surface area contributed by atoms with Crippen molar-refractivity contribution in [1.82, 2.24) is 29.3 Å². The molecule has 0 aromatic carbocycles. The molecular formula is C23H25FN8O2. The number of ether oxygens (including phenoxy) is 1. The number of anilines is 2. The molecule has 1 amide bonds. The monoisotopic (exact) mass is 464 g/mol. The van der Waals surface area contributed by atoms with Gasteiger partial charge in [0.1, 0.15) is 17.6 Å². The van der Waals surface area contributed by atoms with Gasteiger partial charge in [-0.15, -0.1) is 0 Å². The number of imidazole rings is 1. The Kier molecular flexibility index (Phi) is 4.87. The summed E-state index contributed by atoms with van der Waals surface area (Å²) in [5, 5.41) is 10.2. The van der Waals surface area contributed by atoms with E-state index in [-0.39, 0.29) is 12.0 Å². The van der Waals surface area contributed by atoms with Crippen molar-refractivity contribution in [3.8, 4) is 11.4 Å². The maximum atomic E-state index is 13.3. The Hall–Kier alpha value is -3.73. The van der Waals surface area contributed by atoms with Gasteiger partial charge in [0.25, 0.3) is 5.91 Å². The van der Waals surface area contributed by atoms with Crippen molar-refractivity contribution in [3.05, 3.63) is 42.4 Å². The van der Waals surface area contributed by atoms with E-state index in [2.05, 4.69) is 31.7 Å². The van der Waals surface area contributed by atoms with Gasteiger partial charge in [-0.25, -0.2) is 14.4 Å². The van der Waals surface area contributed by atoms with E-state index in [1.807, 2.05) is 22.7 Å². The molecule has 0 unspecified atom stereocenters. The lowest BCUT2D eigenvalue weighted by Crippen LogP contribution is -2.27. The summed E-state index contributed by atoms with van der Waals surface area (Å²) in [5.41, 5.74) is 4.06. The number of nitrogens with one attached hydrogen (secondary N) is 2. The number of carbonyl (C=O) groups excluding carboxylic acids is 1. The second kappa shape index (κ2) is 7.94. The number of nitrogens with zero attached hydrogens (tertiary/aromatic N) is 6. The van der Waals surface area contributed by atoms with E-state index in [4.69, 9.17) is 9.72 Å². The first-order valence-electron chi connectivity index (χ1n) is 11.3. The van der Waals surface area contributed by atoms with E-state index in [1.165, 1.54) is 6.20 Å². The molecule has 10 nitrogen and oxygen atoms in total. The van der Waals surface area contributed by atoms with Gasteiger partial charge in [-0.1, -0.05) is 0 Å². The SMILES string of the molecule is CNc1cc(-c2ccc(N3CC[C@H](OC)C3)c3nccn23)nc2c(C(=O)N[C@@H]3C[C@@H]3F)cnn12. The lowest BCUT2D eigenvalue weighted by molar-refractivity contribution is 0.0949. The van der Waals surface area contributed by atoms with Crippen LogP contribution in [0.5, 0.6) is 0 Å². The topological polar surface area (TPSA) is 101 Å². The number of hydrogen-bond donors (Lipinski definition) is 2. The maximum absolute atomic E-state index is 13.3. The number of carbonyl (C=O) groups is 1. The van der Waals surface area contributed by atoms with Gasteiger partial charge in [0.05, 0.1) is 35.4 Å². The van der Waals surface area contributed by atoms with Gasteiger partial charge in [0, 0.05) is 52.1 Å². The van der Waals surface area contributed by atoms with Crippen LogP contribution in [0.2, 0.25) is 0 Å². The minimum Gasteiger partial charge on any atom is -0.380 e.